The summed E-state index contributed by atoms with van der Waals surface area (Å²) >= 11 is 10.2. The second-order valence-corrected chi connectivity index (χ2v) is 13.6. The Labute approximate surface area is 262 Å². The minimum atomic E-state index is -4.34. The van der Waals surface area contributed by atoms with Crippen LogP contribution in [-0.4, -0.2) is 11.3 Å². The number of thiazole rings is 2. The van der Waals surface area contributed by atoms with Gasteiger partial charge in [-0.25, -0.2) is 4.98 Å². The highest BCUT2D eigenvalue weighted by molar-refractivity contribution is 9.10. The third-order valence-corrected chi connectivity index (χ3v) is 11.6. The predicted octanol–water partition coefficient (Wildman–Crippen LogP) is 8.83. The first-order valence-corrected chi connectivity index (χ1v) is 16.2. The summed E-state index contributed by atoms with van der Waals surface area (Å²) in [5.74, 6) is 0. The first-order chi connectivity index (χ1) is 18.8. The Morgan fingerprint density at radius 2 is 1.39 bits per heavy atom. The summed E-state index contributed by atoms with van der Waals surface area (Å²) in [4.78, 5) is 6.64. The van der Waals surface area contributed by atoms with Crippen molar-refractivity contribution in [3.8, 4) is 19.8 Å². The first-order valence-electron chi connectivity index (χ1n) is 11.9. The molecule has 2 nitrogen and oxygen atoms in total. The topological polar surface area (TPSA) is 16.8 Å². The van der Waals surface area contributed by atoms with Gasteiger partial charge in [-0.3, -0.25) is 0 Å². The highest BCUT2D eigenvalue weighted by Gasteiger charge is 2.51. The predicted molar refractivity (Wildman–Crippen MR) is 177 cm³/mol. The minimum Gasteiger partial charge on any atom is -0.397 e. The maximum Gasteiger partial charge on any atom is 0.416 e. The molecule has 11 heteroatoms. The molecular formula is C30H27BBrF3N2S4. The summed E-state index contributed by atoms with van der Waals surface area (Å²) in [5.41, 5.74) is 3.71. The highest BCUT2D eigenvalue weighted by Crippen LogP contribution is 2.35. The van der Waals surface area contributed by atoms with Crippen LogP contribution in [-0.2, 0) is 6.18 Å². The molecule has 0 amide bonds. The van der Waals surface area contributed by atoms with Crippen LogP contribution in [0.1, 0.15) is 26.0 Å². The molecule has 0 radical (unpaired) electrons. The van der Waals surface area contributed by atoms with Gasteiger partial charge in [0, 0.05) is 16.0 Å². The van der Waals surface area contributed by atoms with E-state index in [0.29, 0.717) is 0 Å². The second-order valence-electron chi connectivity index (χ2n) is 9.11. The van der Waals surface area contributed by atoms with Gasteiger partial charge in [-0.2, -0.15) is 13.2 Å². The average Bonchev–Trinajstić information content (AvgIpc) is 3.73. The zero-order valence-corrected chi connectivity index (χ0v) is 25.2. The Morgan fingerprint density at radius 3 is 1.98 bits per heavy atom. The van der Waals surface area contributed by atoms with Crippen LogP contribution in [0.25, 0.3) is 19.8 Å². The van der Waals surface area contributed by atoms with Gasteiger partial charge in [-0.05, 0) is 39.7 Å². The monoisotopic (exact) mass is 690 g/mol. The molecule has 1 atom stereocenters. The van der Waals surface area contributed by atoms with Crippen LogP contribution in [0.3, 0.4) is 0 Å². The van der Waals surface area contributed by atoms with E-state index in [2.05, 4.69) is 72.7 Å². The number of alkyl halides is 3. The zero-order chi connectivity index (χ0) is 27.2. The highest BCUT2D eigenvalue weighted by atomic mass is 79.9. The Bertz CT molecular complexity index is 1680. The zero-order valence-electron chi connectivity index (χ0n) is 20.4. The van der Waals surface area contributed by atoms with Crippen molar-refractivity contribution in [2.75, 3.05) is 0 Å². The molecule has 0 saturated heterocycles. The smallest absolute Gasteiger partial charge is 0.397 e. The SMILES string of the molecule is Brc1ccsc1-c1nccs1.C.C.Cc1ccc([B-]2(c3ccc(C(F)(F)F)cc3)c3ccsc3-c3scc[n+]32)cc1. The average molecular weight is 692 g/mol. The van der Waals surface area contributed by atoms with Crippen LogP contribution in [0.4, 0.5) is 13.2 Å². The molecule has 2 aromatic carbocycles. The van der Waals surface area contributed by atoms with Crippen molar-refractivity contribution in [1.29, 1.82) is 0 Å². The summed E-state index contributed by atoms with van der Waals surface area (Å²) in [6.45, 7) is 2.04. The number of aryl methyl sites for hydroxylation is 1. The van der Waals surface area contributed by atoms with E-state index in [1.54, 1.807) is 57.5 Å². The molecule has 0 spiro atoms. The van der Waals surface area contributed by atoms with E-state index in [4.69, 9.17) is 0 Å². The van der Waals surface area contributed by atoms with Gasteiger partial charge in [0.25, 0.3) is 0 Å². The van der Waals surface area contributed by atoms with Crippen molar-refractivity contribution < 1.29 is 17.6 Å². The molecule has 4 aromatic heterocycles. The molecule has 6 aromatic rings. The number of halogens is 4. The van der Waals surface area contributed by atoms with Gasteiger partial charge in [-0.1, -0.05) is 86.4 Å². The fourth-order valence-corrected chi connectivity index (χ4v) is 9.75. The van der Waals surface area contributed by atoms with E-state index < -0.39 is 18.0 Å². The minimum absolute atomic E-state index is 0. The Morgan fingerprint density at radius 1 is 0.756 bits per heavy atom. The van der Waals surface area contributed by atoms with E-state index in [1.807, 2.05) is 29.9 Å². The number of hydrogen-bond acceptors (Lipinski definition) is 5. The molecule has 7 rings (SSSR count). The van der Waals surface area contributed by atoms with Crippen molar-refractivity contribution in [2.45, 2.75) is 28.0 Å². The van der Waals surface area contributed by atoms with Crippen LogP contribution < -0.4 is 20.9 Å². The molecule has 41 heavy (non-hydrogen) atoms. The van der Waals surface area contributed by atoms with Gasteiger partial charge in [-0.15, -0.1) is 50.4 Å². The number of rotatable bonds is 3. The molecule has 1 aliphatic rings. The summed E-state index contributed by atoms with van der Waals surface area (Å²) in [5, 5.41) is 10.4. The van der Waals surface area contributed by atoms with Gasteiger partial charge >= 0.3 is 12.5 Å². The Hall–Kier alpha value is -2.57. The molecular weight excluding hydrogens is 664 g/mol. The lowest BCUT2D eigenvalue weighted by molar-refractivity contribution is -0.518. The summed E-state index contributed by atoms with van der Waals surface area (Å²) in [6.07, 6.45) is -2.02. The summed E-state index contributed by atoms with van der Waals surface area (Å²) in [7, 11) is 0. The maximum atomic E-state index is 13.1. The fourth-order valence-electron chi connectivity index (χ4n) is 5.19. The molecule has 0 saturated carbocycles. The number of fused-ring (bicyclic) bond motifs is 3. The third-order valence-electron chi connectivity index (χ3n) is 6.92. The van der Waals surface area contributed by atoms with E-state index in [-0.39, 0.29) is 14.9 Å². The van der Waals surface area contributed by atoms with Crippen LogP contribution >= 0.6 is 61.3 Å². The lowest BCUT2D eigenvalue weighted by Crippen LogP contribution is -2.82. The van der Waals surface area contributed by atoms with Gasteiger partial charge in [0.1, 0.15) is 11.2 Å². The van der Waals surface area contributed by atoms with Gasteiger partial charge in [0.05, 0.1) is 20.7 Å². The van der Waals surface area contributed by atoms with E-state index in [9.17, 15) is 13.2 Å². The number of hydrogen-bond donors (Lipinski definition) is 0. The van der Waals surface area contributed by atoms with Crippen LogP contribution in [0, 0.1) is 6.92 Å². The maximum absolute atomic E-state index is 13.1. The summed E-state index contributed by atoms with van der Waals surface area (Å²) < 4.78 is 42.8. The van der Waals surface area contributed by atoms with Crippen LogP contribution in [0.15, 0.2) is 99.1 Å². The Kier molecular flexibility index (Phi) is 9.45. The van der Waals surface area contributed by atoms with E-state index >= 15 is 0 Å². The van der Waals surface area contributed by atoms with E-state index in [0.717, 1.165) is 31.0 Å². The van der Waals surface area contributed by atoms with Crippen LogP contribution in [0.5, 0.6) is 0 Å². The molecule has 5 heterocycles. The quantitative estimate of drug-likeness (QED) is 0.169. The lowest BCUT2D eigenvalue weighted by Gasteiger charge is -2.32. The lowest BCUT2D eigenvalue weighted by atomic mass is 9.25. The van der Waals surface area contributed by atoms with Crippen molar-refractivity contribution in [3.63, 3.8) is 0 Å². The van der Waals surface area contributed by atoms with Crippen molar-refractivity contribution in [2.24, 2.45) is 0 Å². The number of nitrogens with zero attached hydrogens (tertiary/aromatic N) is 2. The second kappa shape index (κ2) is 12.3. The van der Waals surface area contributed by atoms with Gasteiger partial charge < -0.3 is 4.48 Å². The molecule has 1 aliphatic heterocycles. The fraction of sp³-hybridized carbons (Fsp3) is 0.133. The molecule has 212 valence electrons. The van der Waals surface area contributed by atoms with Crippen molar-refractivity contribution >= 4 is 83.9 Å². The molecule has 1 unspecified atom stereocenters. The molecule has 0 fully saturated rings. The van der Waals surface area contributed by atoms with Crippen molar-refractivity contribution in [3.05, 3.63) is 110 Å². The molecule has 0 N–H and O–H groups in total. The molecule has 0 aliphatic carbocycles. The van der Waals surface area contributed by atoms with E-state index in [1.165, 1.54) is 27.3 Å². The summed E-state index contributed by atoms with van der Waals surface area (Å²) in [6, 6.07) is 18.2. The number of benzene rings is 2. The van der Waals surface area contributed by atoms with Crippen LogP contribution in [0.2, 0.25) is 0 Å². The standard InChI is InChI=1S/C21H15BF3NS2.C7H4BrNS2.2CH4/c1-14-2-6-16(7-3-14)22(17-8-4-15(5-9-17)21(23,24)25)18-10-12-27-19(18)20-26(22)11-13-28-20;8-5-1-3-10-6(5)7-9-2-4-11-7;;/h2-13H,1H3;1-4H;2*1H4. The number of aromatic nitrogens is 2. The third kappa shape index (κ3) is 5.50. The van der Waals surface area contributed by atoms with Crippen molar-refractivity contribution in [1.82, 2.24) is 4.98 Å². The normalized spacial score (nSPS) is 15.1. The van der Waals surface area contributed by atoms with Gasteiger partial charge in [0.2, 0.25) is 5.01 Å². The first kappa shape index (κ1) is 31.4. The molecule has 0 bridgehead atoms. The largest absolute Gasteiger partial charge is 0.416 e. The Balaban J connectivity index is 0.000000252. The number of thiophene rings is 2. The van der Waals surface area contributed by atoms with Gasteiger partial charge in [0.15, 0.2) is 0 Å².